The standard InChI is InChI=1S/C17H28N2O/c20-15-16-8-6-4-2-1-3-5-7-9-17(15)12-18(10-16)14-19(11-16)13-17/h1-14H2. The Kier molecular flexibility index (Phi) is 3.19. The molecule has 1 saturated carbocycles. The summed E-state index contributed by atoms with van der Waals surface area (Å²) in [5, 5.41) is 0. The third-order valence-electron chi connectivity index (χ3n) is 6.28. The van der Waals surface area contributed by atoms with Gasteiger partial charge in [0.05, 0.1) is 17.5 Å². The molecule has 0 atom stereocenters. The van der Waals surface area contributed by atoms with E-state index in [0.717, 1.165) is 45.7 Å². The first-order chi connectivity index (χ1) is 9.73. The van der Waals surface area contributed by atoms with Gasteiger partial charge in [0.25, 0.3) is 0 Å². The van der Waals surface area contributed by atoms with E-state index in [1.54, 1.807) is 0 Å². The van der Waals surface area contributed by atoms with Gasteiger partial charge in [-0.3, -0.25) is 14.6 Å². The zero-order chi connectivity index (χ0) is 13.6. The van der Waals surface area contributed by atoms with Crippen LogP contribution in [0.3, 0.4) is 0 Å². The number of piperidine rings is 2. The van der Waals surface area contributed by atoms with Crippen molar-refractivity contribution in [3.63, 3.8) is 0 Å². The molecule has 2 spiro atoms. The van der Waals surface area contributed by atoms with Crippen LogP contribution in [-0.4, -0.2) is 48.4 Å². The monoisotopic (exact) mass is 276 g/mol. The summed E-state index contributed by atoms with van der Waals surface area (Å²) < 4.78 is 0. The van der Waals surface area contributed by atoms with Gasteiger partial charge in [-0.2, -0.15) is 0 Å². The zero-order valence-electron chi connectivity index (χ0n) is 12.7. The third kappa shape index (κ3) is 1.97. The molecule has 3 heteroatoms. The molecular weight excluding hydrogens is 248 g/mol. The molecule has 4 bridgehead atoms. The lowest BCUT2D eigenvalue weighted by molar-refractivity contribution is -0.186. The van der Waals surface area contributed by atoms with Gasteiger partial charge >= 0.3 is 0 Å². The Morgan fingerprint density at radius 1 is 0.650 bits per heavy atom. The van der Waals surface area contributed by atoms with Crippen LogP contribution in [0.2, 0.25) is 0 Å². The lowest BCUT2D eigenvalue weighted by Gasteiger charge is -2.63. The van der Waals surface area contributed by atoms with E-state index in [-0.39, 0.29) is 10.8 Å². The Morgan fingerprint density at radius 3 is 1.50 bits per heavy atom. The van der Waals surface area contributed by atoms with Gasteiger partial charge in [0, 0.05) is 26.2 Å². The predicted molar refractivity (Wildman–Crippen MR) is 79.4 cm³/mol. The maximum absolute atomic E-state index is 13.3. The van der Waals surface area contributed by atoms with Crippen LogP contribution < -0.4 is 0 Å². The molecule has 4 aliphatic heterocycles. The van der Waals surface area contributed by atoms with Crippen molar-refractivity contribution < 1.29 is 4.79 Å². The van der Waals surface area contributed by atoms with Gasteiger partial charge in [-0.15, -0.1) is 0 Å². The minimum atomic E-state index is 0.00788. The Bertz CT molecular complexity index is 360. The van der Waals surface area contributed by atoms with Crippen molar-refractivity contribution in [1.29, 1.82) is 0 Å². The summed E-state index contributed by atoms with van der Waals surface area (Å²) >= 11 is 0. The number of carbonyl (C=O) groups excluding carboxylic acids is 1. The van der Waals surface area contributed by atoms with Crippen molar-refractivity contribution in [2.75, 3.05) is 32.8 Å². The Labute approximate surface area is 122 Å². The van der Waals surface area contributed by atoms with Crippen LogP contribution in [0.5, 0.6) is 0 Å². The molecule has 3 nitrogen and oxygen atoms in total. The van der Waals surface area contributed by atoms with Gasteiger partial charge in [0.15, 0.2) is 0 Å². The molecule has 0 radical (unpaired) electrons. The molecule has 0 N–H and O–H groups in total. The van der Waals surface area contributed by atoms with E-state index in [1.807, 2.05) is 0 Å². The summed E-state index contributed by atoms with van der Waals surface area (Å²) in [6.07, 6.45) is 11.7. The zero-order valence-corrected chi connectivity index (χ0v) is 12.7. The number of Topliss-reactive ketones (excluding diaryl/α,β-unsaturated/α-hetero) is 1. The van der Waals surface area contributed by atoms with E-state index in [1.165, 1.54) is 44.9 Å². The van der Waals surface area contributed by atoms with Crippen molar-refractivity contribution in [1.82, 2.24) is 9.80 Å². The maximum Gasteiger partial charge on any atom is 0.150 e. The van der Waals surface area contributed by atoms with Crippen molar-refractivity contribution >= 4 is 5.78 Å². The van der Waals surface area contributed by atoms with Gasteiger partial charge in [-0.25, -0.2) is 0 Å². The molecule has 0 amide bonds. The summed E-state index contributed by atoms with van der Waals surface area (Å²) in [7, 11) is 0. The summed E-state index contributed by atoms with van der Waals surface area (Å²) in [6, 6.07) is 0. The Hall–Kier alpha value is -0.410. The van der Waals surface area contributed by atoms with E-state index >= 15 is 0 Å². The van der Waals surface area contributed by atoms with Crippen LogP contribution in [-0.2, 0) is 4.79 Å². The SMILES string of the molecule is O=C1C23CCCCCCCCCC14CN(CN(C2)C4)C3. The molecule has 4 heterocycles. The minimum Gasteiger partial charge on any atom is -0.298 e. The van der Waals surface area contributed by atoms with Gasteiger partial charge in [0.2, 0.25) is 0 Å². The number of hydrogen-bond acceptors (Lipinski definition) is 3. The van der Waals surface area contributed by atoms with Gasteiger partial charge in [-0.05, 0) is 12.8 Å². The molecule has 0 aromatic rings. The van der Waals surface area contributed by atoms with E-state index < -0.39 is 0 Å². The molecule has 4 saturated heterocycles. The van der Waals surface area contributed by atoms with E-state index in [9.17, 15) is 4.79 Å². The molecule has 0 aromatic heterocycles. The van der Waals surface area contributed by atoms with E-state index in [4.69, 9.17) is 0 Å². The van der Waals surface area contributed by atoms with E-state index in [2.05, 4.69) is 9.80 Å². The van der Waals surface area contributed by atoms with Crippen molar-refractivity contribution in [3.05, 3.63) is 0 Å². The highest BCUT2D eigenvalue weighted by Gasteiger charge is 2.62. The minimum absolute atomic E-state index is 0.00788. The summed E-state index contributed by atoms with van der Waals surface area (Å²) in [5.41, 5.74) is 0.0158. The van der Waals surface area contributed by atoms with Crippen LogP contribution in [0.1, 0.15) is 57.8 Å². The lowest BCUT2D eigenvalue weighted by atomic mass is 9.58. The molecule has 5 aliphatic rings. The summed E-state index contributed by atoms with van der Waals surface area (Å²) in [4.78, 5) is 18.4. The topological polar surface area (TPSA) is 23.6 Å². The Morgan fingerprint density at radius 2 is 1.05 bits per heavy atom. The lowest BCUT2D eigenvalue weighted by Crippen LogP contribution is -2.76. The molecule has 0 aromatic carbocycles. The first-order valence-corrected chi connectivity index (χ1v) is 8.72. The third-order valence-corrected chi connectivity index (χ3v) is 6.28. The molecular formula is C17H28N2O. The highest BCUT2D eigenvalue weighted by Crippen LogP contribution is 2.50. The number of carbonyl (C=O) groups is 1. The quantitative estimate of drug-likeness (QED) is 0.679. The normalized spacial score (nSPS) is 48.7. The number of hydrogen-bond donors (Lipinski definition) is 0. The van der Waals surface area contributed by atoms with Crippen LogP contribution in [0.15, 0.2) is 0 Å². The van der Waals surface area contributed by atoms with Gasteiger partial charge in [-0.1, -0.05) is 44.9 Å². The number of nitrogens with zero attached hydrogens (tertiary/aromatic N) is 2. The first kappa shape index (κ1) is 13.3. The van der Waals surface area contributed by atoms with E-state index in [0.29, 0.717) is 5.78 Å². The van der Waals surface area contributed by atoms with Gasteiger partial charge < -0.3 is 0 Å². The fraction of sp³-hybridized carbons (Fsp3) is 0.941. The van der Waals surface area contributed by atoms with Crippen molar-refractivity contribution in [2.45, 2.75) is 57.8 Å². The van der Waals surface area contributed by atoms with Crippen LogP contribution in [0, 0.1) is 10.8 Å². The smallest absolute Gasteiger partial charge is 0.150 e. The molecule has 5 rings (SSSR count). The highest BCUT2D eigenvalue weighted by molar-refractivity contribution is 5.93. The maximum atomic E-state index is 13.3. The number of rotatable bonds is 0. The summed E-state index contributed by atoms with van der Waals surface area (Å²) in [5.74, 6) is 0.665. The molecule has 112 valence electrons. The van der Waals surface area contributed by atoms with Crippen LogP contribution in [0.25, 0.3) is 0 Å². The average Bonchev–Trinajstić information content (AvgIpc) is 2.41. The van der Waals surface area contributed by atoms with Crippen LogP contribution in [0.4, 0.5) is 0 Å². The molecule has 1 aliphatic carbocycles. The summed E-state index contributed by atoms with van der Waals surface area (Å²) in [6.45, 7) is 5.36. The van der Waals surface area contributed by atoms with Gasteiger partial charge in [0.1, 0.15) is 5.78 Å². The second kappa shape index (κ2) is 4.81. The Balaban J connectivity index is 1.64. The highest BCUT2D eigenvalue weighted by atomic mass is 16.1. The average molecular weight is 276 g/mol. The second-order valence-electron chi connectivity index (χ2n) is 7.98. The predicted octanol–water partition coefficient (Wildman–Crippen LogP) is 2.66. The second-order valence-corrected chi connectivity index (χ2v) is 7.98. The van der Waals surface area contributed by atoms with Crippen molar-refractivity contribution in [2.24, 2.45) is 10.8 Å². The number of ketones is 1. The first-order valence-electron chi connectivity index (χ1n) is 8.72. The molecule has 0 unspecified atom stereocenters. The fourth-order valence-corrected chi connectivity index (χ4v) is 5.61. The molecule has 20 heavy (non-hydrogen) atoms. The van der Waals surface area contributed by atoms with Crippen LogP contribution >= 0.6 is 0 Å². The fourth-order valence-electron chi connectivity index (χ4n) is 5.61. The largest absolute Gasteiger partial charge is 0.298 e. The molecule has 5 fully saturated rings. The van der Waals surface area contributed by atoms with Crippen molar-refractivity contribution in [3.8, 4) is 0 Å².